The number of anilines is 3. The van der Waals surface area contributed by atoms with Gasteiger partial charge in [0.1, 0.15) is 23.1 Å². The van der Waals surface area contributed by atoms with Crippen LogP contribution in [0.3, 0.4) is 0 Å². The number of rotatable bonds is 8. The number of nitrogens with one attached hydrogen (secondary N) is 2. The molecule has 4 rings (SSSR count). The van der Waals surface area contributed by atoms with Crippen LogP contribution in [0.4, 0.5) is 21.7 Å². The van der Waals surface area contributed by atoms with E-state index >= 15 is 0 Å². The molecule has 0 saturated heterocycles. The van der Waals surface area contributed by atoms with Crippen molar-refractivity contribution in [2.24, 2.45) is 5.92 Å². The van der Waals surface area contributed by atoms with E-state index in [9.17, 15) is 14.4 Å². The highest BCUT2D eigenvalue weighted by atomic mass is 19.1. The molecule has 2 aromatic carbocycles. The first kappa shape index (κ1) is 21.8. The van der Waals surface area contributed by atoms with Crippen molar-refractivity contribution in [1.82, 2.24) is 9.97 Å². The minimum absolute atomic E-state index is 0.0652. The van der Waals surface area contributed by atoms with Gasteiger partial charge >= 0.3 is 0 Å². The summed E-state index contributed by atoms with van der Waals surface area (Å²) in [7, 11) is 1.49. The number of carbonyl (C=O) groups is 1. The maximum Gasteiger partial charge on any atom is 0.265 e. The fourth-order valence-electron chi connectivity index (χ4n) is 2.95. The first-order valence-electron chi connectivity index (χ1n) is 10.2. The topological polar surface area (TPSA) is 109 Å². The largest absolute Gasteiger partial charge is 0.495 e. The fourth-order valence-corrected chi connectivity index (χ4v) is 2.95. The molecule has 1 saturated carbocycles. The van der Waals surface area contributed by atoms with E-state index in [0.717, 1.165) is 19.0 Å². The molecule has 1 heterocycles. The Morgan fingerprint density at radius 3 is 2.73 bits per heavy atom. The van der Waals surface area contributed by atoms with Gasteiger partial charge in [0.05, 0.1) is 19.0 Å². The predicted molar refractivity (Wildman–Crippen MR) is 120 cm³/mol. The molecule has 0 spiro atoms. The van der Waals surface area contributed by atoms with Crippen molar-refractivity contribution in [3.05, 3.63) is 72.2 Å². The van der Waals surface area contributed by atoms with E-state index in [1.807, 2.05) is 12.1 Å². The van der Waals surface area contributed by atoms with Crippen LogP contribution < -0.4 is 20.1 Å². The summed E-state index contributed by atoms with van der Waals surface area (Å²) in [6.07, 6.45) is 4.66. The van der Waals surface area contributed by atoms with Crippen LogP contribution in [0.5, 0.6) is 17.4 Å². The standard InChI is InChI=1S/C24H20FN5O3/c1-32-21-10-9-17(28-22(31)16(13-26)11-15-7-8-15)12-20(21)29-24-27-14-19(25)23(30-24)33-18-5-3-2-4-6-18/h2-6,9-12,14-15H,7-8H2,1H3,(H,28,31)(H,27,29,30). The number of carbonyl (C=O) groups excluding carboxylic acids is 1. The van der Waals surface area contributed by atoms with Gasteiger partial charge in [-0.15, -0.1) is 0 Å². The molecule has 1 amide bonds. The highest BCUT2D eigenvalue weighted by Gasteiger charge is 2.22. The van der Waals surface area contributed by atoms with Gasteiger partial charge in [-0.1, -0.05) is 24.3 Å². The second kappa shape index (κ2) is 9.78. The van der Waals surface area contributed by atoms with Crippen molar-refractivity contribution in [3.8, 4) is 23.4 Å². The summed E-state index contributed by atoms with van der Waals surface area (Å²) in [5.41, 5.74) is 0.938. The number of methoxy groups -OCH3 is 1. The second-order valence-electron chi connectivity index (χ2n) is 7.29. The number of halogens is 1. The molecule has 1 fully saturated rings. The molecule has 2 N–H and O–H groups in total. The molecule has 0 radical (unpaired) electrons. The van der Waals surface area contributed by atoms with Crippen LogP contribution in [-0.4, -0.2) is 23.0 Å². The second-order valence-corrected chi connectivity index (χ2v) is 7.29. The highest BCUT2D eigenvalue weighted by molar-refractivity contribution is 6.06. The van der Waals surface area contributed by atoms with Crippen molar-refractivity contribution in [3.63, 3.8) is 0 Å². The van der Waals surface area contributed by atoms with Crippen LogP contribution in [-0.2, 0) is 4.79 Å². The fraction of sp³-hybridized carbons (Fsp3) is 0.167. The Morgan fingerprint density at radius 1 is 1.24 bits per heavy atom. The smallest absolute Gasteiger partial charge is 0.265 e. The molecule has 166 valence electrons. The number of hydrogen-bond donors (Lipinski definition) is 2. The maximum absolute atomic E-state index is 14.2. The summed E-state index contributed by atoms with van der Waals surface area (Å²) in [4.78, 5) is 20.5. The number of hydrogen-bond acceptors (Lipinski definition) is 7. The number of nitriles is 1. The number of aromatic nitrogens is 2. The average molecular weight is 445 g/mol. The Kier molecular flexibility index (Phi) is 6.45. The third kappa shape index (κ3) is 5.62. The lowest BCUT2D eigenvalue weighted by atomic mass is 10.2. The highest BCUT2D eigenvalue weighted by Crippen LogP contribution is 2.33. The normalized spacial score (nSPS) is 13.1. The molecular weight excluding hydrogens is 425 g/mol. The molecule has 0 aliphatic heterocycles. The first-order chi connectivity index (χ1) is 16.1. The number of amides is 1. The lowest BCUT2D eigenvalue weighted by Crippen LogP contribution is -2.14. The van der Waals surface area contributed by atoms with Crippen LogP contribution >= 0.6 is 0 Å². The monoisotopic (exact) mass is 445 g/mol. The lowest BCUT2D eigenvalue weighted by Gasteiger charge is -2.13. The number of nitrogens with zero attached hydrogens (tertiary/aromatic N) is 3. The number of ether oxygens (including phenoxy) is 2. The van der Waals surface area contributed by atoms with Crippen LogP contribution in [0.25, 0.3) is 0 Å². The van der Waals surface area contributed by atoms with E-state index in [1.165, 1.54) is 7.11 Å². The molecule has 1 aliphatic carbocycles. The van der Waals surface area contributed by atoms with Crippen LogP contribution in [0.2, 0.25) is 0 Å². The van der Waals surface area contributed by atoms with Gasteiger partial charge in [-0.25, -0.2) is 4.98 Å². The zero-order valence-corrected chi connectivity index (χ0v) is 17.7. The van der Waals surface area contributed by atoms with Gasteiger partial charge in [-0.3, -0.25) is 4.79 Å². The molecule has 0 unspecified atom stereocenters. The number of allylic oxidation sites excluding steroid dienone is 1. The van der Waals surface area contributed by atoms with Crippen LogP contribution in [0.1, 0.15) is 12.8 Å². The predicted octanol–water partition coefficient (Wildman–Crippen LogP) is 4.96. The summed E-state index contributed by atoms with van der Waals surface area (Å²) in [5, 5.41) is 14.9. The van der Waals surface area contributed by atoms with Crippen molar-refractivity contribution >= 4 is 23.2 Å². The van der Waals surface area contributed by atoms with E-state index < -0.39 is 11.7 Å². The number of para-hydroxylation sites is 1. The molecular formula is C24H20FN5O3. The van der Waals surface area contributed by atoms with E-state index in [2.05, 4.69) is 20.6 Å². The molecule has 1 aliphatic rings. The van der Waals surface area contributed by atoms with Crippen molar-refractivity contribution in [1.29, 1.82) is 5.26 Å². The maximum atomic E-state index is 14.2. The first-order valence-corrected chi connectivity index (χ1v) is 10.2. The summed E-state index contributed by atoms with van der Waals surface area (Å²) in [6, 6.07) is 15.5. The van der Waals surface area contributed by atoms with Gasteiger partial charge in [-0.05, 0) is 49.1 Å². The molecule has 8 nitrogen and oxygen atoms in total. The van der Waals surface area contributed by atoms with Gasteiger partial charge in [-0.2, -0.15) is 14.6 Å². The average Bonchev–Trinajstić information content (AvgIpc) is 3.65. The van der Waals surface area contributed by atoms with E-state index in [1.54, 1.807) is 48.5 Å². The van der Waals surface area contributed by atoms with Gasteiger partial charge in [0.2, 0.25) is 11.8 Å². The minimum atomic E-state index is -0.719. The summed E-state index contributed by atoms with van der Waals surface area (Å²) in [5.74, 6) is -0.222. The SMILES string of the molecule is COc1ccc(NC(=O)C(C#N)=CC2CC2)cc1Nc1ncc(F)c(Oc2ccccc2)n1. The van der Waals surface area contributed by atoms with Gasteiger partial charge < -0.3 is 20.1 Å². The zero-order valence-electron chi connectivity index (χ0n) is 17.7. The molecule has 9 heteroatoms. The Bertz CT molecular complexity index is 1240. The molecule has 0 bridgehead atoms. The quantitative estimate of drug-likeness (QED) is 0.373. The van der Waals surface area contributed by atoms with Crippen LogP contribution in [0.15, 0.2) is 66.4 Å². The van der Waals surface area contributed by atoms with E-state index in [0.29, 0.717) is 28.8 Å². The van der Waals surface area contributed by atoms with Gasteiger partial charge in [0, 0.05) is 5.69 Å². The molecule has 33 heavy (non-hydrogen) atoms. The molecule has 3 aromatic rings. The van der Waals surface area contributed by atoms with Crippen LogP contribution in [0, 0.1) is 23.1 Å². The summed E-state index contributed by atoms with van der Waals surface area (Å²) >= 11 is 0. The molecule has 1 aromatic heterocycles. The lowest BCUT2D eigenvalue weighted by molar-refractivity contribution is -0.112. The third-order valence-electron chi connectivity index (χ3n) is 4.76. The minimum Gasteiger partial charge on any atom is -0.495 e. The zero-order chi connectivity index (χ0) is 23.2. The number of benzene rings is 2. The molecule has 0 atom stereocenters. The van der Waals surface area contributed by atoms with Crippen molar-refractivity contribution in [2.45, 2.75) is 12.8 Å². The summed E-state index contributed by atoms with van der Waals surface area (Å²) < 4.78 is 25.0. The van der Waals surface area contributed by atoms with E-state index in [-0.39, 0.29) is 17.4 Å². The Labute approximate surface area is 189 Å². The Hall–Kier alpha value is -4.45. The summed E-state index contributed by atoms with van der Waals surface area (Å²) in [6.45, 7) is 0. The van der Waals surface area contributed by atoms with E-state index in [4.69, 9.17) is 9.47 Å². The van der Waals surface area contributed by atoms with Gasteiger partial charge in [0.15, 0.2) is 0 Å². The Morgan fingerprint density at radius 2 is 2.03 bits per heavy atom. The van der Waals surface area contributed by atoms with Crippen molar-refractivity contribution in [2.75, 3.05) is 17.7 Å². The third-order valence-corrected chi connectivity index (χ3v) is 4.76. The van der Waals surface area contributed by atoms with Crippen molar-refractivity contribution < 1.29 is 18.7 Å². The Balaban J connectivity index is 1.54. The van der Waals surface area contributed by atoms with Gasteiger partial charge in [0.25, 0.3) is 11.8 Å².